The van der Waals surface area contributed by atoms with Crippen LogP contribution in [0.4, 0.5) is 10.5 Å². The predicted octanol–water partition coefficient (Wildman–Crippen LogP) is 2.43. The second-order valence-corrected chi connectivity index (χ2v) is 5.09. The van der Waals surface area contributed by atoms with E-state index in [2.05, 4.69) is 17.3 Å². The molecule has 1 aliphatic rings. The van der Waals surface area contributed by atoms with Crippen molar-refractivity contribution in [2.24, 2.45) is 0 Å². The van der Waals surface area contributed by atoms with Crippen molar-refractivity contribution in [1.29, 1.82) is 0 Å². The normalized spacial score (nSPS) is 16.7. The molecule has 2 amide bonds. The summed E-state index contributed by atoms with van der Waals surface area (Å²) in [4.78, 5) is 16.1. The van der Waals surface area contributed by atoms with E-state index in [4.69, 9.17) is 11.6 Å². The molecule has 0 saturated carbocycles. The monoisotopic (exact) mass is 267 g/mol. The van der Waals surface area contributed by atoms with Crippen molar-refractivity contribution in [2.75, 3.05) is 38.5 Å². The third kappa shape index (κ3) is 3.15. The van der Waals surface area contributed by atoms with Crippen LogP contribution >= 0.6 is 11.6 Å². The molecule has 0 atom stereocenters. The molecule has 0 bridgehead atoms. The van der Waals surface area contributed by atoms with E-state index in [1.807, 2.05) is 24.0 Å². The van der Waals surface area contributed by atoms with Gasteiger partial charge in [0, 0.05) is 36.9 Å². The number of nitrogens with one attached hydrogen (secondary N) is 1. The van der Waals surface area contributed by atoms with Gasteiger partial charge in [-0.1, -0.05) is 17.7 Å². The molecule has 0 aromatic heterocycles. The van der Waals surface area contributed by atoms with E-state index >= 15 is 0 Å². The fourth-order valence-electron chi connectivity index (χ4n) is 1.88. The molecule has 1 saturated heterocycles. The highest BCUT2D eigenvalue weighted by atomic mass is 35.5. The topological polar surface area (TPSA) is 35.6 Å². The number of nitrogens with zero attached hydrogens (tertiary/aromatic N) is 2. The maximum atomic E-state index is 12.0. The first-order chi connectivity index (χ1) is 8.56. The highest BCUT2D eigenvalue weighted by molar-refractivity contribution is 6.31. The van der Waals surface area contributed by atoms with Crippen molar-refractivity contribution in [1.82, 2.24) is 9.80 Å². The summed E-state index contributed by atoms with van der Waals surface area (Å²) in [6.45, 7) is 5.31. The van der Waals surface area contributed by atoms with Crippen molar-refractivity contribution in [2.45, 2.75) is 6.92 Å². The number of aryl methyl sites for hydroxylation is 1. The van der Waals surface area contributed by atoms with Gasteiger partial charge in [-0.2, -0.15) is 0 Å². The molecule has 0 spiro atoms. The summed E-state index contributed by atoms with van der Waals surface area (Å²) in [5.41, 5.74) is 1.75. The van der Waals surface area contributed by atoms with Crippen LogP contribution in [-0.4, -0.2) is 49.1 Å². The van der Waals surface area contributed by atoms with Gasteiger partial charge in [0.05, 0.1) is 0 Å². The minimum atomic E-state index is -0.0528. The largest absolute Gasteiger partial charge is 0.322 e. The van der Waals surface area contributed by atoms with Gasteiger partial charge in [0.2, 0.25) is 0 Å². The predicted molar refractivity (Wildman–Crippen MR) is 74.3 cm³/mol. The Morgan fingerprint density at radius 1 is 1.28 bits per heavy atom. The number of anilines is 1. The third-order valence-corrected chi connectivity index (χ3v) is 3.62. The van der Waals surface area contributed by atoms with Crippen LogP contribution in [0.25, 0.3) is 0 Å². The molecule has 98 valence electrons. The van der Waals surface area contributed by atoms with Gasteiger partial charge in [0.1, 0.15) is 0 Å². The summed E-state index contributed by atoms with van der Waals surface area (Å²) in [6, 6.07) is 5.50. The average molecular weight is 268 g/mol. The lowest BCUT2D eigenvalue weighted by molar-refractivity contribution is 0.164. The molecule has 1 N–H and O–H groups in total. The van der Waals surface area contributed by atoms with Gasteiger partial charge >= 0.3 is 6.03 Å². The van der Waals surface area contributed by atoms with Gasteiger partial charge in [-0.15, -0.1) is 0 Å². The molecule has 0 unspecified atom stereocenters. The SMILES string of the molecule is Cc1ccc(NC(=O)N2CCN(C)CC2)cc1Cl. The molecule has 1 heterocycles. The van der Waals surface area contributed by atoms with Crippen LogP contribution in [0, 0.1) is 6.92 Å². The second kappa shape index (κ2) is 5.59. The number of hydrogen-bond donors (Lipinski definition) is 1. The number of halogens is 1. The molecule has 1 aromatic carbocycles. The quantitative estimate of drug-likeness (QED) is 0.848. The molecule has 1 aromatic rings. The summed E-state index contributed by atoms with van der Waals surface area (Å²) in [6.07, 6.45) is 0. The number of carbonyl (C=O) groups is 1. The summed E-state index contributed by atoms with van der Waals surface area (Å²) < 4.78 is 0. The lowest BCUT2D eigenvalue weighted by atomic mass is 10.2. The number of likely N-dealkylation sites (N-methyl/N-ethyl adjacent to an activating group) is 1. The summed E-state index contributed by atoms with van der Waals surface area (Å²) in [7, 11) is 2.06. The maximum absolute atomic E-state index is 12.0. The van der Waals surface area contributed by atoms with E-state index in [1.54, 1.807) is 6.07 Å². The van der Waals surface area contributed by atoms with Crippen LogP contribution in [-0.2, 0) is 0 Å². The molecule has 0 radical (unpaired) electrons. The first-order valence-corrected chi connectivity index (χ1v) is 6.44. The molecule has 18 heavy (non-hydrogen) atoms. The van der Waals surface area contributed by atoms with Gasteiger partial charge in [-0.25, -0.2) is 4.79 Å². The number of amides is 2. The number of benzene rings is 1. The number of piperazine rings is 1. The Labute approximate surface area is 113 Å². The van der Waals surface area contributed by atoms with Crippen molar-refractivity contribution >= 4 is 23.3 Å². The molecule has 0 aliphatic carbocycles. The zero-order valence-electron chi connectivity index (χ0n) is 10.7. The van der Waals surface area contributed by atoms with Gasteiger partial charge in [0.25, 0.3) is 0 Å². The first kappa shape index (κ1) is 13.2. The number of hydrogen-bond acceptors (Lipinski definition) is 2. The van der Waals surface area contributed by atoms with Crippen LogP contribution in [0.5, 0.6) is 0 Å². The van der Waals surface area contributed by atoms with Crippen molar-refractivity contribution in [3.05, 3.63) is 28.8 Å². The van der Waals surface area contributed by atoms with Crippen LogP contribution in [0.1, 0.15) is 5.56 Å². The van der Waals surface area contributed by atoms with E-state index < -0.39 is 0 Å². The second-order valence-electron chi connectivity index (χ2n) is 4.68. The zero-order chi connectivity index (χ0) is 13.1. The van der Waals surface area contributed by atoms with Crippen LogP contribution in [0.3, 0.4) is 0 Å². The average Bonchev–Trinajstić information content (AvgIpc) is 2.34. The summed E-state index contributed by atoms with van der Waals surface area (Å²) in [5.74, 6) is 0. The van der Waals surface area contributed by atoms with E-state index in [-0.39, 0.29) is 6.03 Å². The van der Waals surface area contributed by atoms with Crippen molar-refractivity contribution in [3.8, 4) is 0 Å². The molecular weight excluding hydrogens is 250 g/mol. The van der Waals surface area contributed by atoms with Gasteiger partial charge in [0.15, 0.2) is 0 Å². The molecule has 1 aliphatic heterocycles. The molecule has 2 rings (SSSR count). The Hall–Kier alpha value is -1.26. The van der Waals surface area contributed by atoms with Gasteiger partial charge in [-0.05, 0) is 31.7 Å². The van der Waals surface area contributed by atoms with Crippen LogP contribution in [0.2, 0.25) is 5.02 Å². The Morgan fingerprint density at radius 2 is 1.94 bits per heavy atom. The molecule has 4 nitrogen and oxygen atoms in total. The number of rotatable bonds is 1. The fraction of sp³-hybridized carbons (Fsp3) is 0.462. The number of carbonyl (C=O) groups excluding carboxylic acids is 1. The molecule has 1 fully saturated rings. The lowest BCUT2D eigenvalue weighted by Crippen LogP contribution is -2.48. The van der Waals surface area contributed by atoms with E-state index in [0.717, 1.165) is 37.4 Å². The van der Waals surface area contributed by atoms with Crippen molar-refractivity contribution < 1.29 is 4.79 Å². The minimum absolute atomic E-state index is 0.0528. The maximum Gasteiger partial charge on any atom is 0.321 e. The Kier molecular flexibility index (Phi) is 4.09. The Balaban J connectivity index is 1.96. The van der Waals surface area contributed by atoms with Crippen LogP contribution in [0.15, 0.2) is 18.2 Å². The Bertz CT molecular complexity index is 442. The fourth-order valence-corrected chi connectivity index (χ4v) is 2.06. The van der Waals surface area contributed by atoms with E-state index in [1.165, 1.54) is 0 Å². The summed E-state index contributed by atoms with van der Waals surface area (Å²) in [5, 5.41) is 3.55. The lowest BCUT2D eigenvalue weighted by Gasteiger charge is -2.32. The molecule has 5 heteroatoms. The highest BCUT2D eigenvalue weighted by Crippen LogP contribution is 2.20. The standard InChI is InChI=1S/C13H18ClN3O/c1-10-3-4-11(9-12(10)14)15-13(18)17-7-5-16(2)6-8-17/h3-4,9H,5-8H2,1-2H3,(H,15,18). The number of urea groups is 1. The Morgan fingerprint density at radius 3 is 2.56 bits per heavy atom. The minimum Gasteiger partial charge on any atom is -0.322 e. The zero-order valence-corrected chi connectivity index (χ0v) is 11.5. The summed E-state index contributed by atoms with van der Waals surface area (Å²) >= 11 is 6.03. The van der Waals surface area contributed by atoms with Crippen molar-refractivity contribution in [3.63, 3.8) is 0 Å². The van der Waals surface area contributed by atoms with Crippen LogP contribution < -0.4 is 5.32 Å². The highest BCUT2D eigenvalue weighted by Gasteiger charge is 2.18. The van der Waals surface area contributed by atoms with E-state index in [9.17, 15) is 4.79 Å². The van der Waals surface area contributed by atoms with Gasteiger partial charge < -0.3 is 15.1 Å². The van der Waals surface area contributed by atoms with Gasteiger partial charge in [-0.3, -0.25) is 0 Å². The molecular formula is C13H18ClN3O. The van der Waals surface area contributed by atoms with E-state index in [0.29, 0.717) is 5.02 Å². The smallest absolute Gasteiger partial charge is 0.321 e. The first-order valence-electron chi connectivity index (χ1n) is 6.07. The third-order valence-electron chi connectivity index (χ3n) is 3.21.